The van der Waals surface area contributed by atoms with E-state index in [1.807, 2.05) is 6.92 Å². The Morgan fingerprint density at radius 2 is 1.96 bits per heavy atom. The van der Waals surface area contributed by atoms with Crippen molar-refractivity contribution in [3.63, 3.8) is 0 Å². The fourth-order valence-electron chi connectivity index (χ4n) is 3.99. The van der Waals surface area contributed by atoms with Gasteiger partial charge in [0.1, 0.15) is 11.6 Å². The lowest BCUT2D eigenvalue weighted by molar-refractivity contribution is -0.121. The summed E-state index contributed by atoms with van der Waals surface area (Å²) >= 11 is 0. The number of nitrogens with zero attached hydrogens (tertiary/aromatic N) is 5. The fraction of sp³-hybridized carbons (Fsp3) is 0.714. The molecule has 1 aliphatic heterocycles. The molecule has 0 saturated carbocycles. The van der Waals surface area contributed by atoms with Crippen LogP contribution in [0.25, 0.3) is 0 Å². The lowest BCUT2D eigenvalue weighted by Gasteiger charge is -2.09. The first kappa shape index (κ1) is 20.6. The summed E-state index contributed by atoms with van der Waals surface area (Å²) in [4.78, 5) is 12.3. The highest BCUT2D eigenvalue weighted by atomic mass is 16.1. The van der Waals surface area contributed by atoms with Gasteiger partial charge in [0, 0.05) is 44.6 Å². The standard InChI is InChI=1S/C21H34N6O/c1-15(2)14-27-17(4)18(16(3)25-27)9-10-21(28)22-12-11-20-24-23-19-8-6-5-7-13-26(19)20/h15H,5-14H2,1-4H3,(H,22,28). The van der Waals surface area contributed by atoms with Gasteiger partial charge < -0.3 is 9.88 Å². The molecule has 0 atom stereocenters. The Hall–Kier alpha value is -2.18. The predicted octanol–water partition coefficient (Wildman–Crippen LogP) is 2.77. The number of fused-ring (bicyclic) bond motifs is 1. The minimum atomic E-state index is 0.0889. The summed E-state index contributed by atoms with van der Waals surface area (Å²) in [5.41, 5.74) is 3.43. The predicted molar refractivity (Wildman–Crippen MR) is 109 cm³/mol. The normalized spacial score (nSPS) is 14.2. The van der Waals surface area contributed by atoms with Crippen molar-refractivity contribution < 1.29 is 4.79 Å². The quantitative estimate of drug-likeness (QED) is 0.757. The zero-order valence-corrected chi connectivity index (χ0v) is 17.8. The van der Waals surface area contributed by atoms with E-state index < -0.39 is 0 Å². The smallest absolute Gasteiger partial charge is 0.220 e. The Morgan fingerprint density at radius 1 is 1.14 bits per heavy atom. The van der Waals surface area contributed by atoms with Gasteiger partial charge in [-0.2, -0.15) is 5.10 Å². The summed E-state index contributed by atoms with van der Waals surface area (Å²) in [5, 5.41) is 16.3. The van der Waals surface area contributed by atoms with Crippen LogP contribution in [0, 0.1) is 19.8 Å². The van der Waals surface area contributed by atoms with Crippen molar-refractivity contribution >= 4 is 5.91 Å². The molecule has 28 heavy (non-hydrogen) atoms. The van der Waals surface area contributed by atoms with Crippen molar-refractivity contribution in [3.05, 3.63) is 28.6 Å². The van der Waals surface area contributed by atoms with Gasteiger partial charge in [0.2, 0.25) is 5.91 Å². The molecule has 7 nitrogen and oxygen atoms in total. The molecule has 3 rings (SSSR count). The molecule has 7 heteroatoms. The maximum absolute atomic E-state index is 12.3. The van der Waals surface area contributed by atoms with Gasteiger partial charge in [-0.3, -0.25) is 9.48 Å². The van der Waals surface area contributed by atoms with Crippen molar-refractivity contribution in [2.75, 3.05) is 6.54 Å². The Kier molecular flexibility index (Phi) is 6.86. The van der Waals surface area contributed by atoms with Crippen molar-refractivity contribution in [2.45, 2.75) is 85.7 Å². The number of hydrogen-bond donors (Lipinski definition) is 1. The molecular weight excluding hydrogens is 352 g/mol. The van der Waals surface area contributed by atoms with Crippen LogP contribution < -0.4 is 5.32 Å². The van der Waals surface area contributed by atoms with E-state index >= 15 is 0 Å². The zero-order valence-electron chi connectivity index (χ0n) is 17.8. The van der Waals surface area contributed by atoms with Crippen molar-refractivity contribution in [3.8, 4) is 0 Å². The van der Waals surface area contributed by atoms with E-state index in [0.29, 0.717) is 18.9 Å². The third kappa shape index (κ3) is 5.00. The Morgan fingerprint density at radius 3 is 2.75 bits per heavy atom. The molecule has 3 heterocycles. The van der Waals surface area contributed by atoms with Crippen molar-refractivity contribution in [1.82, 2.24) is 29.9 Å². The van der Waals surface area contributed by atoms with Crippen LogP contribution in [0.5, 0.6) is 0 Å². The van der Waals surface area contributed by atoms with Crippen LogP contribution in [0.4, 0.5) is 0 Å². The monoisotopic (exact) mass is 386 g/mol. The first-order chi connectivity index (χ1) is 13.5. The Balaban J connectivity index is 1.47. The number of aryl methyl sites for hydroxylation is 2. The van der Waals surface area contributed by atoms with Gasteiger partial charge in [0.25, 0.3) is 0 Å². The maximum atomic E-state index is 12.3. The molecule has 0 fully saturated rings. The van der Waals surface area contributed by atoms with Crippen LogP contribution in [-0.2, 0) is 37.1 Å². The molecule has 0 aliphatic carbocycles. The summed E-state index contributed by atoms with van der Waals surface area (Å²) in [6.45, 7) is 11.1. The van der Waals surface area contributed by atoms with Gasteiger partial charge in [-0.05, 0) is 44.6 Å². The van der Waals surface area contributed by atoms with Gasteiger partial charge in [-0.25, -0.2) is 0 Å². The van der Waals surface area contributed by atoms with E-state index in [-0.39, 0.29) is 5.91 Å². The minimum Gasteiger partial charge on any atom is -0.356 e. The van der Waals surface area contributed by atoms with Gasteiger partial charge in [-0.1, -0.05) is 20.3 Å². The number of nitrogens with one attached hydrogen (secondary N) is 1. The molecule has 0 saturated heterocycles. The number of aromatic nitrogens is 5. The summed E-state index contributed by atoms with van der Waals surface area (Å²) in [6.07, 6.45) is 6.63. The van der Waals surface area contributed by atoms with Crippen LogP contribution >= 0.6 is 0 Å². The minimum absolute atomic E-state index is 0.0889. The van der Waals surface area contributed by atoms with Crippen LogP contribution in [0.2, 0.25) is 0 Å². The Labute approximate surface area is 167 Å². The highest BCUT2D eigenvalue weighted by molar-refractivity contribution is 5.76. The van der Waals surface area contributed by atoms with Crippen molar-refractivity contribution in [1.29, 1.82) is 0 Å². The molecule has 1 aliphatic rings. The second-order valence-corrected chi connectivity index (χ2v) is 8.32. The van der Waals surface area contributed by atoms with E-state index in [4.69, 9.17) is 0 Å². The van der Waals surface area contributed by atoms with Crippen molar-refractivity contribution in [2.24, 2.45) is 5.92 Å². The zero-order chi connectivity index (χ0) is 20.1. The molecule has 0 unspecified atom stereocenters. The highest BCUT2D eigenvalue weighted by Gasteiger charge is 2.16. The molecule has 1 N–H and O–H groups in total. The maximum Gasteiger partial charge on any atom is 0.220 e. The van der Waals surface area contributed by atoms with E-state index in [0.717, 1.165) is 49.7 Å². The lowest BCUT2D eigenvalue weighted by atomic mass is 10.1. The van der Waals surface area contributed by atoms with E-state index in [2.05, 4.69) is 50.6 Å². The third-order valence-electron chi connectivity index (χ3n) is 5.53. The van der Waals surface area contributed by atoms with Crippen LogP contribution in [0.3, 0.4) is 0 Å². The number of amides is 1. The Bertz CT molecular complexity index is 804. The summed E-state index contributed by atoms with van der Waals surface area (Å²) in [6, 6.07) is 0. The average Bonchev–Trinajstić information content (AvgIpc) is 3.02. The fourth-order valence-corrected chi connectivity index (χ4v) is 3.99. The summed E-state index contributed by atoms with van der Waals surface area (Å²) in [7, 11) is 0. The molecule has 0 aromatic carbocycles. The molecular formula is C21H34N6O. The SMILES string of the molecule is Cc1nn(CC(C)C)c(C)c1CCC(=O)NCCc1nnc2n1CCCCC2. The summed E-state index contributed by atoms with van der Waals surface area (Å²) < 4.78 is 4.32. The van der Waals surface area contributed by atoms with Gasteiger partial charge in [-0.15, -0.1) is 10.2 Å². The average molecular weight is 387 g/mol. The second-order valence-electron chi connectivity index (χ2n) is 8.32. The van der Waals surface area contributed by atoms with E-state index in [1.165, 1.54) is 30.5 Å². The highest BCUT2D eigenvalue weighted by Crippen LogP contribution is 2.17. The molecule has 0 bridgehead atoms. The number of carbonyl (C=O) groups excluding carboxylic acids is 1. The first-order valence-corrected chi connectivity index (χ1v) is 10.7. The third-order valence-corrected chi connectivity index (χ3v) is 5.53. The van der Waals surface area contributed by atoms with Gasteiger partial charge in [0.05, 0.1) is 5.69 Å². The second kappa shape index (κ2) is 9.34. The number of hydrogen-bond acceptors (Lipinski definition) is 4. The number of rotatable bonds is 8. The molecule has 154 valence electrons. The van der Waals surface area contributed by atoms with Crippen LogP contribution in [0.1, 0.15) is 68.1 Å². The molecule has 0 spiro atoms. The molecule has 2 aromatic heterocycles. The molecule has 1 amide bonds. The summed E-state index contributed by atoms with van der Waals surface area (Å²) in [5.74, 6) is 2.74. The topological polar surface area (TPSA) is 77.6 Å². The van der Waals surface area contributed by atoms with Gasteiger partial charge in [0.15, 0.2) is 0 Å². The number of carbonyl (C=O) groups is 1. The van der Waals surface area contributed by atoms with Crippen LogP contribution in [0.15, 0.2) is 0 Å². The largest absolute Gasteiger partial charge is 0.356 e. The van der Waals surface area contributed by atoms with Crippen LogP contribution in [-0.4, -0.2) is 37.0 Å². The molecule has 0 radical (unpaired) electrons. The lowest BCUT2D eigenvalue weighted by Crippen LogP contribution is -2.27. The van der Waals surface area contributed by atoms with Gasteiger partial charge >= 0.3 is 0 Å². The first-order valence-electron chi connectivity index (χ1n) is 10.7. The van der Waals surface area contributed by atoms with E-state index in [1.54, 1.807) is 0 Å². The van der Waals surface area contributed by atoms with E-state index in [9.17, 15) is 4.79 Å². The molecule has 2 aromatic rings.